The molecule has 1 atom stereocenters. The fourth-order valence-electron chi connectivity index (χ4n) is 2.92. The Morgan fingerprint density at radius 1 is 1.27 bits per heavy atom. The smallest absolute Gasteiger partial charge is 0.231 e. The molecule has 1 amide bonds. The van der Waals surface area contributed by atoms with E-state index >= 15 is 0 Å². The summed E-state index contributed by atoms with van der Waals surface area (Å²) in [4.78, 5) is 16.3. The van der Waals surface area contributed by atoms with Gasteiger partial charge in [-0.1, -0.05) is 29.8 Å². The Morgan fingerprint density at radius 3 is 2.92 bits per heavy atom. The number of nitrogens with one attached hydrogen (secondary N) is 1. The van der Waals surface area contributed by atoms with Gasteiger partial charge in [-0.3, -0.25) is 4.79 Å². The summed E-state index contributed by atoms with van der Waals surface area (Å²) in [5, 5.41) is 2.46. The molecule has 2 heterocycles. The van der Waals surface area contributed by atoms with Crippen molar-refractivity contribution in [2.24, 2.45) is 5.92 Å². The average molecular weight is 373 g/mol. The highest BCUT2D eigenvalue weighted by molar-refractivity contribution is 6.33. The zero-order valence-corrected chi connectivity index (χ0v) is 14.3. The van der Waals surface area contributed by atoms with Gasteiger partial charge in [-0.05, 0) is 30.2 Å². The first-order chi connectivity index (χ1) is 12.6. The largest absolute Gasteiger partial charge is 0.492 e. The minimum Gasteiger partial charge on any atom is -0.492 e. The molecule has 132 valence electrons. The third kappa shape index (κ3) is 3.04. The van der Waals surface area contributed by atoms with Crippen LogP contribution in [0.4, 0.5) is 10.1 Å². The molecule has 0 bridgehead atoms. The van der Waals surface area contributed by atoms with Crippen LogP contribution in [0.15, 0.2) is 53.4 Å². The maximum Gasteiger partial charge on any atom is 0.231 e. The molecule has 7 heteroatoms. The van der Waals surface area contributed by atoms with Crippen LogP contribution in [0, 0.1) is 11.7 Å². The zero-order chi connectivity index (χ0) is 18.1. The lowest BCUT2D eigenvalue weighted by Gasteiger charge is -2.24. The summed E-state index contributed by atoms with van der Waals surface area (Å²) in [5.74, 6) is -0.309. The highest BCUT2D eigenvalue weighted by Crippen LogP contribution is 2.34. The Balaban J connectivity index is 1.53. The number of para-hydroxylation sites is 1. The van der Waals surface area contributed by atoms with Gasteiger partial charge in [0.1, 0.15) is 12.4 Å². The number of amides is 1. The van der Waals surface area contributed by atoms with Gasteiger partial charge >= 0.3 is 0 Å². The van der Waals surface area contributed by atoms with Gasteiger partial charge in [0, 0.05) is 5.56 Å². The number of oxazole rings is 1. The van der Waals surface area contributed by atoms with E-state index < -0.39 is 11.7 Å². The highest BCUT2D eigenvalue weighted by Gasteiger charge is 2.27. The van der Waals surface area contributed by atoms with Crippen LogP contribution < -0.4 is 10.1 Å². The van der Waals surface area contributed by atoms with Crippen LogP contribution >= 0.6 is 11.6 Å². The lowest BCUT2D eigenvalue weighted by Crippen LogP contribution is -2.32. The van der Waals surface area contributed by atoms with Crippen LogP contribution in [0.5, 0.6) is 5.75 Å². The van der Waals surface area contributed by atoms with Crippen molar-refractivity contribution in [2.75, 3.05) is 11.9 Å². The fraction of sp³-hybridized carbons (Fsp3) is 0.158. The number of rotatable bonds is 3. The van der Waals surface area contributed by atoms with Crippen molar-refractivity contribution in [1.29, 1.82) is 0 Å². The molecule has 2 aromatic carbocycles. The first-order valence-electron chi connectivity index (χ1n) is 8.02. The molecule has 0 radical (unpaired) electrons. The molecule has 0 spiro atoms. The SMILES string of the molecule is O=C(Nc1ccc(-c2cnco2)c(Cl)c1F)C1COc2ccccc2C1. The van der Waals surface area contributed by atoms with Crippen LogP contribution in [0.3, 0.4) is 0 Å². The predicted octanol–water partition coefficient (Wildman–Crippen LogP) is 4.32. The maximum atomic E-state index is 14.6. The molecule has 1 aromatic heterocycles. The predicted molar refractivity (Wildman–Crippen MR) is 94.7 cm³/mol. The summed E-state index contributed by atoms with van der Waals surface area (Å²) in [6.45, 7) is 0.244. The summed E-state index contributed by atoms with van der Waals surface area (Å²) in [6, 6.07) is 10.6. The van der Waals surface area contributed by atoms with E-state index in [-0.39, 0.29) is 23.2 Å². The number of ether oxygens (including phenoxy) is 1. The second-order valence-corrected chi connectivity index (χ2v) is 6.34. The van der Waals surface area contributed by atoms with Crippen molar-refractivity contribution in [1.82, 2.24) is 4.98 Å². The Bertz CT molecular complexity index is 959. The highest BCUT2D eigenvalue weighted by atomic mass is 35.5. The summed E-state index contributed by atoms with van der Waals surface area (Å²) in [6.07, 6.45) is 3.21. The topological polar surface area (TPSA) is 64.4 Å². The molecule has 0 fully saturated rings. The minimum absolute atomic E-state index is 0.0159. The minimum atomic E-state index is -0.717. The van der Waals surface area contributed by atoms with Gasteiger partial charge in [-0.15, -0.1) is 0 Å². The molecule has 0 aliphatic carbocycles. The fourth-order valence-corrected chi connectivity index (χ4v) is 3.17. The van der Waals surface area contributed by atoms with E-state index in [1.807, 2.05) is 24.3 Å². The molecular formula is C19H14ClFN2O3. The van der Waals surface area contributed by atoms with Crippen LogP contribution in [0.25, 0.3) is 11.3 Å². The number of carbonyl (C=O) groups excluding carboxylic acids is 1. The Kier molecular flexibility index (Phi) is 4.34. The van der Waals surface area contributed by atoms with Gasteiger partial charge < -0.3 is 14.5 Å². The van der Waals surface area contributed by atoms with Crippen LogP contribution in [-0.2, 0) is 11.2 Å². The summed E-state index contributed by atoms with van der Waals surface area (Å²) in [5.41, 5.74) is 1.34. The van der Waals surface area contributed by atoms with Crippen molar-refractivity contribution in [3.8, 4) is 17.1 Å². The third-order valence-electron chi connectivity index (χ3n) is 4.29. The van der Waals surface area contributed by atoms with E-state index in [9.17, 15) is 9.18 Å². The molecule has 4 rings (SSSR count). The Morgan fingerprint density at radius 2 is 2.12 bits per heavy atom. The van der Waals surface area contributed by atoms with Gasteiger partial charge in [0.2, 0.25) is 5.91 Å². The van der Waals surface area contributed by atoms with Crippen molar-refractivity contribution in [2.45, 2.75) is 6.42 Å². The lowest BCUT2D eigenvalue weighted by molar-refractivity contribution is -0.121. The number of nitrogens with zero attached hydrogens (tertiary/aromatic N) is 1. The number of benzene rings is 2. The zero-order valence-electron chi connectivity index (χ0n) is 13.5. The monoisotopic (exact) mass is 372 g/mol. The summed E-state index contributed by atoms with van der Waals surface area (Å²) < 4.78 is 25.3. The van der Waals surface area contributed by atoms with Gasteiger partial charge in [-0.25, -0.2) is 9.37 Å². The first-order valence-corrected chi connectivity index (χ1v) is 8.39. The number of anilines is 1. The van der Waals surface area contributed by atoms with Crippen molar-refractivity contribution in [3.05, 3.63) is 65.4 Å². The normalized spacial score (nSPS) is 15.8. The second-order valence-electron chi connectivity index (χ2n) is 5.96. The molecule has 1 aliphatic heterocycles. The molecule has 0 saturated carbocycles. The number of hydrogen-bond donors (Lipinski definition) is 1. The quantitative estimate of drug-likeness (QED) is 0.743. The summed E-state index contributed by atoms with van der Waals surface area (Å²) >= 11 is 6.09. The lowest BCUT2D eigenvalue weighted by atomic mass is 9.96. The molecule has 5 nitrogen and oxygen atoms in total. The van der Waals surface area contributed by atoms with Crippen LogP contribution in [-0.4, -0.2) is 17.5 Å². The third-order valence-corrected chi connectivity index (χ3v) is 4.66. The standard InChI is InChI=1S/C19H14ClFN2O3/c20-17-13(16-8-22-10-26-16)5-6-14(18(17)21)23-19(24)12-7-11-3-1-2-4-15(11)25-9-12/h1-6,8,10,12H,7,9H2,(H,23,24). The van der Waals surface area contributed by atoms with Crippen molar-refractivity contribution in [3.63, 3.8) is 0 Å². The second kappa shape index (κ2) is 6.80. The van der Waals surface area contributed by atoms with E-state index in [1.54, 1.807) is 6.07 Å². The molecule has 1 N–H and O–H groups in total. The van der Waals surface area contributed by atoms with Crippen LogP contribution in [0.1, 0.15) is 5.56 Å². The van der Waals surface area contributed by atoms with Gasteiger partial charge in [0.25, 0.3) is 0 Å². The van der Waals surface area contributed by atoms with Crippen molar-refractivity contribution >= 4 is 23.2 Å². The van der Waals surface area contributed by atoms with Gasteiger partial charge in [0.15, 0.2) is 18.0 Å². The van der Waals surface area contributed by atoms with E-state index in [0.29, 0.717) is 17.7 Å². The molecule has 1 unspecified atom stereocenters. The summed E-state index contributed by atoms with van der Waals surface area (Å²) in [7, 11) is 0. The van der Waals surface area contributed by atoms with Gasteiger partial charge in [-0.2, -0.15) is 0 Å². The molecule has 1 aliphatic rings. The van der Waals surface area contributed by atoms with Crippen molar-refractivity contribution < 1.29 is 18.3 Å². The van der Waals surface area contributed by atoms with E-state index in [1.165, 1.54) is 18.7 Å². The maximum absolute atomic E-state index is 14.6. The Hall–Kier alpha value is -2.86. The molecule has 3 aromatic rings. The first kappa shape index (κ1) is 16.6. The number of aromatic nitrogens is 1. The number of hydrogen-bond acceptors (Lipinski definition) is 4. The number of halogens is 2. The van der Waals surface area contributed by atoms with E-state index in [2.05, 4.69) is 10.3 Å². The van der Waals surface area contributed by atoms with Gasteiger partial charge in [0.05, 0.1) is 22.8 Å². The molecular weight excluding hydrogens is 359 g/mol. The van der Waals surface area contributed by atoms with Crippen LogP contribution in [0.2, 0.25) is 5.02 Å². The van der Waals surface area contributed by atoms with E-state index in [4.69, 9.17) is 20.8 Å². The average Bonchev–Trinajstić information content (AvgIpc) is 3.19. The number of carbonyl (C=O) groups is 1. The molecule has 26 heavy (non-hydrogen) atoms. The molecule has 0 saturated heterocycles. The Labute approximate surface area is 153 Å². The number of fused-ring (bicyclic) bond motifs is 1. The van der Waals surface area contributed by atoms with E-state index in [0.717, 1.165) is 11.3 Å².